The summed E-state index contributed by atoms with van der Waals surface area (Å²) in [6.07, 6.45) is 0. The fourth-order valence-corrected chi connectivity index (χ4v) is 3.09. The van der Waals surface area contributed by atoms with E-state index in [2.05, 4.69) is 25.2 Å². The van der Waals surface area contributed by atoms with Gasteiger partial charge in [-0.1, -0.05) is 12.1 Å². The van der Waals surface area contributed by atoms with Crippen LogP contribution in [0.4, 0.5) is 5.82 Å². The van der Waals surface area contributed by atoms with Gasteiger partial charge in [0.15, 0.2) is 5.82 Å². The van der Waals surface area contributed by atoms with E-state index in [1.54, 1.807) is 18.4 Å². The minimum absolute atomic E-state index is 0.734. The van der Waals surface area contributed by atoms with Crippen molar-refractivity contribution in [1.82, 2.24) is 9.97 Å². The van der Waals surface area contributed by atoms with Gasteiger partial charge in [0.2, 0.25) is 0 Å². The summed E-state index contributed by atoms with van der Waals surface area (Å²) in [4.78, 5) is 10.4. The van der Waals surface area contributed by atoms with Crippen molar-refractivity contribution in [1.29, 1.82) is 0 Å². The molecule has 1 N–H and O–H groups in total. The van der Waals surface area contributed by atoms with Crippen molar-refractivity contribution in [3.63, 3.8) is 0 Å². The van der Waals surface area contributed by atoms with Gasteiger partial charge in [-0.15, -0.1) is 11.3 Å². The summed E-state index contributed by atoms with van der Waals surface area (Å²) >= 11 is 1.59. The molecule has 21 heavy (non-hydrogen) atoms. The second-order valence-electron chi connectivity index (χ2n) is 4.75. The highest BCUT2D eigenvalue weighted by atomic mass is 32.1. The van der Waals surface area contributed by atoms with Crippen molar-refractivity contribution in [2.45, 2.75) is 13.8 Å². The third-order valence-corrected chi connectivity index (χ3v) is 4.21. The normalized spacial score (nSPS) is 10.8. The molecule has 0 unspecified atom stereocenters. The Morgan fingerprint density at radius 2 is 2.14 bits per heavy atom. The standard InChI is InChI=1S/C16H17N3OS/c1-4-17-16-14-10(2)6-5-7-12(14)18-15(19-16)13-8-11(20-3)9-21-13/h5-9H,4H2,1-3H3,(H,17,18,19). The Balaban J connectivity index is 2.20. The molecule has 108 valence electrons. The Hall–Kier alpha value is -2.14. The summed E-state index contributed by atoms with van der Waals surface area (Å²) in [6, 6.07) is 8.11. The summed E-state index contributed by atoms with van der Waals surface area (Å²) in [5.41, 5.74) is 2.14. The number of hydrogen-bond acceptors (Lipinski definition) is 5. The summed E-state index contributed by atoms with van der Waals surface area (Å²) in [6.45, 7) is 4.98. The quantitative estimate of drug-likeness (QED) is 0.787. The van der Waals surface area contributed by atoms with Crippen molar-refractivity contribution in [3.8, 4) is 16.5 Å². The molecule has 3 aromatic rings. The summed E-state index contributed by atoms with van der Waals surface area (Å²) < 4.78 is 5.24. The summed E-state index contributed by atoms with van der Waals surface area (Å²) in [5.74, 6) is 2.47. The minimum atomic E-state index is 0.734. The number of nitrogens with one attached hydrogen (secondary N) is 1. The largest absolute Gasteiger partial charge is 0.496 e. The van der Waals surface area contributed by atoms with E-state index < -0.39 is 0 Å². The first-order valence-corrected chi connectivity index (χ1v) is 7.75. The van der Waals surface area contributed by atoms with Crippen LogP contribution in [0.2, 0.25) is 0 Å². The van der Waals surface area contributed by atoms with Crippen molar-refractivity contribution < 1.29 is 4.74 Å². The van der Waals surface area contributed by atoms with Gasteiger partial charge in [0.25, 0.3) is 0 Å². The lowest BCUT2D eigenvalue weighted by Gasteiger charge is -2.10. The highest BCUT2D eigenvalue weighted by molar-refractivity contribution is 7.13. The van der Waals surface area contributed by atoms with E-state index in [4.69, 9.17) is 14.7 Å². The Morgan fingerprint density at radius 3 is 2.86 bits per heavy atom. The number of fused-ring (bicyclic) bond motifs is 1. The predicted molar refractivity (Wildman–Crippen MR) is 88.3 cm³/mol. The van der Waals surface area contributed by atoms with E-state index in [0.29, 0.717) is 0 Å². The van der Waals surface area contributed by atoms with Crippen LogP contribution < -0.4 is 10.1 Å². The maximum Gasteiger partial charge on any atom is 0.172 e. The molecule has 1 aromatic carbocycles. The van der Waals surface area contributed by atoms with Crippen LogP contribution in [0.15, 0.2) is 29.6 Å². The molecular formula is C16H17N3OS. The van der Waals surface area contributed by atoms with Gasteiger partial charge < -0.3 is 10.1 Å². The average Bonchev–Trinajstić information content (AvgIpc) is 2.96. The van der Waals surface area contributed by atoms with E-state index in [0.717, 1.165) is 39.7 Å². The van der Waals surface area contributed by atoms with Gasteiger partial charge >= 0.3 is 0 Å². The second kappa shape index (κ2) is 5.69. The number of aryl methyl sites for hydroxylation is 1. The second-order valence-corrected chi connectivity index (χ2v) is 5.66. The van der Waals surface area contributed by atoms with Gasteiger partial charge in [-0.3, -0.25) is 0 Å². The highest BCUT2D eigenvalue weighted by Crippen LogP contribution is 2.32. The zero-order valence-corrected chi connectivity index (χ0v) is 13.1. The summed E-state index contributed by atoms with van der Waals surface area (Å²) in [5, 5.41) is 6.40. The zero-order valence-electron chi connectivity index (χ0n) is 12.3. The molecule has 0 spiro atoms. The molecule has 0 amide bonds. The fraction of sp³-hybridized carbons (Fsp3) is 0.250. The Labute approximate surface area is 127 Å². The molecule has 2 heterocycles. The van der Waals surface area contributed by atoms with Crippen molar-refractivity contribution in [2.75, 3.05) is 19.0 Å². The molecule has 0 aliphatic rings. The Kier molecular flexibility index (Phi) is 3.75. The van der Waals surface area contributed by atoms with Crippen LogP contribution in [-0.2, 0) is 0 Å². The minimum Gasteiger partial charge on any atom is -0.496 e. The highest BCUT2D eigenvalue weighted by Gasteiger charge is 2.12. The monoisotopic (exact) mass is 299 g/mol. The van der Waals surface area contributed by atoms with Crippen molar-refractivity contribution >= 4 is 28.1 Å². The third kappa shape index (κ3) is 2.56. The number of nitrogens with zero attached hydrogens (tertiary/aromatic N) is 2. The van der Waals surface area contributed by atoms with Crippen molar-refractivity contribution in [3.05, 3.63) is 35.2 Å². The molecule has 2 aromatic heterocycles. The van der Waals surface area contributed by atoms with E-state index in [1.165, 1.54) is 5.56 Å². The van der Waals surface area contributed by atoms with Gasteiger partial charge in [0.05, 0.1) is 17.5 Å². The van der Waals surface area contributed by atoms with Gasteiger partial charge in [-0.25, -0.2) is 9.97 Å². The van der Waals surface area contributed by atoms with Gasteiger partial charge in [-0.05, 0) is 25.5 Å². The third-order valence-electron chi connectivity index (χ3n) is 3.31. The lowest BCUT2D eigenvalue weighted by molar-refractivity contribution is 0.417. The van der Waals surface area contributed by atoms with Gasteiger partial charge in [-0.2, -0.15) is 0 Å². The van der Waals surface area contributed by atoms with Crippen LogP contribution in [0.5, 0.6) is 5.75 Å². The molecule has 0 atom stereocenters. The maximum atomic E-state index is 5.24. The van der Waals surface area contributed by atoms with Crippen LogP contribution in [0.3, 0.4) is 0 Å². The number of ether oxygens (including phenoxy) is 1. The first-order chi connectivity index (χ1) is 10.2. The molecule has 0 saturated heterocycles. The van der Waals surface area contributed by atoms with E-state index in [9.17, 15) is 0 Å². The lowest BCUT2D eigenvalue weighted by atomic mass is 10.1. The maximum absolute atomic E-state index is 5.24. The molecule has 0 radical (unpaired) electrons. The molecule has 4 nitrogen and oxygen atoms in total. The first kappa shape index (κ1) is 13.8. The van der Waals surface area contributed by atoms with Crippen molar-refractivity contribution in [2.24, 2.45) is 0 Å². The van der Waals surface area contributed by atoms with E-state index in [1.807, 2.05) is 23.6 Å². The van der Waals surface area contributed by atoms with Crippen LogP contribution >= 0.6 is 11.3 Å². The molecular weight excluding hydrogens is 282 g/mol. The molecule has 0 bridgehead atoms. The number of rotatable bonds is 4. The molecule has 3 rings (SSSR count). The van der Waals surface area contributed by atoms with E-state index >= 15 is 0 Å². The number of aromatic nitrogens is 2. The zero-order chi connectivity index (χ0) is 14.8. The average molecular weight is 299 g/mol. The number of benzene rings is 1. The molecule has 5 heteroatoms. The molecule has 0 saturated carbocycles. The predicted octanol–water partition coefficient (Wildman–Crippen LogP) is 4.11. The van der Waals surface area contributed by atoms with E-state index in [-0.39, 0.29) is 0 Å². The Bertz CT molecular complexity index is 782. The number of methoxy groups -OCH3 is 1. The molecule has 0 aliphatic heterocycles. The topological polar surface area (TPSA) is 47.0 Å². The number of hydrogen-bond donors (Lipinski definition) is 1. The number of thiophene rings is 1. The molecule has 0 aliphatic carbocycles. The lowest BCUT2D eigenvalue weighted by Crippen LogP contribution is -2.03. The van der Waals surface area contributed by atoms with Crippen LogP contribution in [0.25, 0.3) is 21.6 Å². The fourth-order valence-electron chi connectivity index (χ4n) is 2.30. The van der Waals surface area contributed by atoms with Gasteiger partial charge in [0.1, 0.15) is 11.6 Å². The summed E-state index contributed by atoms with van der Waals surface area (Å²) in [7, 11) is 1.67. The molecule has 0 fully saturated rings. The first-order valence-electron chi connectivity index (χ1n) is 6.87. The SMILES string of the molecule is CCNc1nc(-c2cc(OC)cs2)nc2cccc(C)c12. The van der Waals surface area contributed by atoms with Crippen LogP contribution in [0.1, 0.15) is 12.5 Å². The smallest absolute Gasteiger partial charge is 0.172 e. The van der Waals surface area contributed by atoms with Crippen LogP contribution in [-0.4, -0.2) is 23.6 Å². The Morgan fingerprint density at radius 1 is 1.29 bits per heavy atom. The van der Waals surface area contributed by atoms with Crippen LogP contribution in [0, 0.1) is 6.92 Å². The number of anilines is 1. The van der Waals surface area contributed by atoms with Gasteiger partial charge in [0, 0.05) is 23.4 Å².